The molecule has 0 spiro atoms. The first-order valence-electron chi connectivity index (χ1n) is 1.36. The normalized spacial score (nSPS) is 4.50. The van der Waals surface area contributed by atoms with Crippen molar-refractivity contribution in [1.29, 1.82) is 0 Å². The second kappa shape index (κ2) is 8.86. The standard InChI is InChI=1S/C4H5N.Tc/c1-3-4-5-2;/h3H,1,4H2;. The first-order valence-corrected chi connectivity index (χ1v) is 1.36. The predicted octanol–water partition coefficient (Wildman–Crippen LogP) is 1.09. The average Bonchev–Trinajstić information content (AvgIpc) is 1.41. The Labute approximate surface area is 51.2 Å². The van der Waals surface area contributed by atoms with Gasteiger partial charge in [-0.2, -0.15) is 0 Å². The van der Waals surface area contributed by atoms with E-state index in [2.05, 4.69) is 11.4 Å². The van der Waals surface area contributed by atoms with Crippen LogP contribution in [0.5, 0.6) is 0 Å². The van der Waals surface area contributed by atoms with Crippen LogP contribution in [0.2, 0.25) is 0 Å². The molecule has 0 saturated heterocycles. The van der Waals surface area contributed by atoms with Crippen molar-refractivity contribution in [2.45, 2.75) is 0 Å². The Morgan fingerprint density at radius 2 is 2.33 bits per heavy atom. The fraction of sp³-hybridized carbons (Fsp3) is 0.250. The molecule has 0 aromatic carbocycles. The molecule has 6 heavy (non-hydrogen) atoms. The molecule has 0 aliphatic rings. The molecule has 1 radical (unpaired) electrons. The molecule has 0 aromatic heterocycles. The van der Waals surface area contributed by atoms with Gasteiger partial charge in [0.25, 0.3) is 0 Å². The second-order valence-corrected chi connectivity index (χ2v) is 0.629. The molecule has 0 aliphatic heterocycles. The molecule has 0 N–H and O–H groups in total. The minimum Gasteiger partial charge on any atom is -0.312 e. The van der Waals surface area contributed by atoms with Crippen LogP contribution in [-0.4, -0.2) is 6.54 Å². The molecule has 0 amide bonds. The molecular formula is C4H5NTc. The molecule has 1 nitrogen and oxygen atoms in total. The van der Waals surface area contributed by atoms with Crippen molar-refractivity contribution in [3.8, 4) is 0 Å². The molecule has 33 valence electrons. The van der Waals surface area contributed by atoms with E-state index in [9.17, 15) is 0 Å². The summed E-state index contributed by atoms with van der Waals surface area (Å²) in [6, 6.07) is 0. The first kappa shape index (κ1) is 9.30. The van der Waals surface area contributed by atoms with Gasteiger partial charge in [0.1, 0.15) is 0 Å². The van der Waals surface area contributed by atoms with Gasteiger partial charge in [-0.05, 0) is 6.08 Å². The van der Waals surface area contributed by atoms with Crippen molar-refractivity contribution in [3.05, 3.63) is 24.1 Å². The van der Waals surface area contributed by atoms with Crippen LogP contribution >= 0.6 is 0 Å². The molecule has 0 rings (SSSR count). The topological polar surface area (TPSA) is 4.36 Å². The van der Waals surface area contributed by atoms with Gasteiger partial charge in [-0.1, -0.05) is 6.58 Å². The van der Waals surface area contributed by atoms with Crippen molar-refractivity contribution in [2.24, 2.45) is 0 Å². The van der Waals surface area contributed by atoms with Crippen molar-refractivity contribution in [2.75, 3.05) is 6.54 Å². The van der Waals surface area contributed by atoms with Crippen molar-refractivity contribution >= 4 is 0 Å². The van der Waals surface area contributed by atoms with E-state index in [4.69, 9.17) is 6.57 Å². The Balaban J connectivity index is 0. The fourth-order valence-electron chi connectivity index (χ4n) is 0.0645. The van der Waals surface area contributed by atoms with Crippen molar-refractivity contribution in [3.63, 3.8) is 0 Å². The van der Waals surface area contributed by atoms with Crippen LogP contribution in [0.1, 0.15) is 0 Å². The van der Waals surface area contributed by atoms with Gasteiger partial charge in [0.15, 0.2) is 0 Å². The van der Waals surface area contributed by atoms with Gasteiger partial charge in [0.2, 0.25) is 6.54 Å². The van der Waals surface area contributed by atoms with Crippen molar-refractivity contribution < 1.29 is 20.1 Å². The summed E-state index contributed by atoms with van der Waals surface area (Å²) < 4.78 is 0. The zero-order valence-corrected chi connectivity index (χ0v) is 5.17. The molecule has 2 heteroatoms. The number of hydrogen-bond acceptors (Lipinski definition) is 0. The van der Waals surface area contributed by atoms with Crippen LogP contribution in [0.4, 0.5) is 0 Å². The van der Waals surface area contributed by atoms with Gasteiger partial charge < -0.3 is 4.85 Å². The number of hydrogen-bond donors (Lipinski definition) is 0. The van der Waals surface area contributed by atoms with Gasteiger partial charge in [0, 0.05) is 20.1 Å². The molecule has 0 heterocycles. The van der Waals surface area contributed by atoms with Crippen LogP contribution in [0.3, 0.4) is 0 Å². The largest absolute Gasteiger partial charge is 0.312 e. The molecule has 0 saturated carbocycles. The van der Waals surface area contributed by atoms with E-state index in [-0.39, 0.29) is 20.1 Å². The van der Waals surface area contributed by atoms with Crippen LogP contribution in [0.25, 0.3) is 4.85 Å². The smallest absolute Gasteiger partial charge is 0.232 e. The summed E-state index contributed by atoms with van der Waals surface area (Å²) in [5.74, 6) is 0. The van der Waals surface area contributed by atoms with E-state index < -0.39 is 0 Å². The first-order chi connectivity index (χ1) is 2.41. The molecule has 0 aliphatic carbocycles. The van der Waals surface area contributed by atoms with E-state index >= 15 is 0 Å². The third-order valence-corrected chi connectivity index (χ3v) is 0.220. The Bertz CT molecular complexity index is 62.4. The molecule has 0 unspecified atom stereocenters. The van der Waals surface area contributed by atoms with E-state index in [1.807, 2.05) is 0 Å². The Morgan fingerprint density at radius 3 is 2.33 bits per heavy atom. The number of rotatable bonds is 1. The second-order valence-electron chi connectivity index (χ2n) is 0.629. The maximum absolute atomic E-state index is 6.16. The van der Waals surface area contributed by atoms with E-state index in [1.165, 1.54) is 0 Å². The van der Waals surface area contributed by atoms with Crippen LogP contribution in [0.15, 0.2) is 12.7 Å². The van der Waals surface area contributed by atoms with Gasteiger partial charge in [0.05, 0.1) is 0 Å². The van der Waals surface area contributed by atoms with Crippen molar-refractivity contribution in [1.82, 2.24) is 0 Å². The molecule has 0 fully saturated rings. The Kier molecular flexibility index (Phi) is 13.7. The predicted molar refractivity (Wildman–Crippen MR) is 21.7 cm³/mol. The Morgan fingerprint density at radius 1 is 1.83 bits per heavy atom. The summed E-state index contributed by atoms with van der Waals surface area (Å²) in [7, 11) is 0. The van der Waals surface area contributed by atoms with Gasteiger partial charge in [-0.15, -0.1) is 0 Å². The fourth-order valence-corrected chi connectivity index (χ4v) is 0.0645. The quantitative estimate of drug-likeness (QED) is 0.404. The summed E-state index contributed by atoms with van der Waals surface area (Å²) in [5, 5.41) is 0. The van der Waals surface area contributed by atoms with E-state index in [0.717, 1.165) is 0 Å². The summed E-state index contributed by atoms with van der Waals surface area (Å²) >= 11 is 0. The van der Waals surface area contributed by atoms with Crippen LogP contribution in [-0.2, 0) is 20.1 Å². The summed E-state index contributed by atoms with van der Waals surface area (Å²) in [4.78, 5) is 2.99. The van der Waals surface area contributed by atoms with Crippen LogP contribution < -0.4 is 0 Å². The molecule has 0 bridgehead atoms. The minimum absolute atomic E-state index is 0. The van der Waals surface area contributed by atoms with E-state index in [0.29, 0.717) is 6.54 Å². The maximum Gasteiger partial charge on any atom is 0.232 e. The number of nitrogens with zero attached hydrogens (tertiary/aromatic N) is 1. The average molecular weight is 165 g/mol. The summed E-state index contributed by atoms with van der Waals surface area (Å²) in [6.45, 7) is 9.94. The van der Waals surface area contributed by atoms with E-state index in [1.54, 1.807) is 6.08 Å². The van der Waals surface area contributed by atoms with Gasteiger partial charge in [-0.3, -0.25) is 0 Å². The van der Waals surface area contributed by atoms with Gasteiger partial charge >= 0.3 is 0 Å². The SMILES string of the molecule is [C-]#[N+]CC=C.[Tc]. The molecule has 0 aromatic rings. The zero-order chi connectivity index (χ0) is 4.12. The third kappa shape index (κ3) is 9.11. The summed E-state index contributed by atoms with van der Waals surface area (Å²) in [6.07, 6.45) is 1.58. The third-order valence-electron chi connectivity index (χ3n) is 0.220. The summed E-state index contributed by atoms with van der Waals surface area (Å²) in [5.41, 5.74) is 0. The van der Waals surface area contributed by atoms with Crippen LogP contribution in [0, 0.1) is 6.57 Å². The Hall–Kier alpha value is -0.121. The monoisotopic (exact) mass is 164 g/mol. The van der Waals surface area contributed by atoms with Gasteiger partial charge in [-0.25, -0.2) is 6.57 Å². The zero-order valence-electron chi connectivity index (χ0n) is 3.32. The molecular weight excluding hydrogens is 160 g/mol. The molecule has 0 atom stereocenters. The maximum atomic E-state index is 6.16. The minimum atomic E-state index is 0.